The number of ether oxygens (including phenoxy) is 1. The fourth-order valence-corrected chi connectivity index (χ4v) is 2.55. The number of benzene rings is 2. The van der Waals surface area contributed by atoms with Gasteiger partial charge in [-0.1, -0.05) is 31.2 Å². The Balaban J connectivity index is 2.11. The third kappa shape index (κ3) is 5.09. The van der Waals surface area contributed by atoms with Gasteiger partial charge in [0.15, 0.2) is 0 Å². The van der Waals surface area contributed by atoms with E-state index in [-0.39, 0.29) is 24.3 Å². The first-order chi connectivity index (χ1) is 12.4. The maximum atomic E-state index is 12.4. The Morgan fingerprint density at radius 1 is 1.15 bits per heavy atom. The summed E-state index contributed by atoms with van der Waals surface area (Å²) in [6.45, 7) is 5.91. The quantitative estimate of drug-likeness (QED) is 0.796. The van der Waals surface area contributed by atoms with Crippen LogP contribution >= 0.6 is 0 Å². The van der Waals surface area contributed by atoms with Crippen LogP contribution < -0.4 is 15.4 Å². The van der Waals surface area contributed by atoms with Crippen molar-refractivity contribution in [1.29, 1.82) is 0 Å². The molecule has 0 saturated carbocycles. The van der Waals surface area contributed by atoms with Crippen molar-refractivity contribution in [2.75, 3.05) is 12.4 Å². The van der Waals surface area contributed by atoms with E-state index < -0.39 is 0 Å². The van der Waals surface area contributed by atoms with Crippen LogP contribution in [0.4, 0.5) is 5.69 Å². The second-order valence-corrected chi connectivity index (χ2v) is 6.36. The number of anilines is 1. The molecular weight excluding hydrogens is 328 g/mol. The van der Waals surface area contributed by atoms with Crippen molar-refractivity contribution in [1.82, 2.24) is 5.32 Å². The Hall–Kier alpha value is -2.82. The van der Waals surface area contributed by atoms with Gasteiger partial charge >= 0.3 is 0 Å². The van der Waals surface area contributed by atoms with Crippen LogP contribution in [0.15, 0.2) is 42.5 Å². The molecule has 0 saturated heterocycles. The van der Waals surface area contributed by atoms with E-state index in [0.29, 0.717) is 11.3 Å². The van der Waals surface area contributed by atoms with Crippen LogP contribution in [0.1, 0.15) is 41.8 Å². The fraction of sp³-hybridized carbons (Fsp3) is 0.333. The second-order valence-electron chi connectivity index (χ2n) is 6.36. The minimum Gasteiger partial charge on any atom is -0.496 e. The van der Waals surface area contributed by atoms with Gasteiger partial charge in [-0.3, -0.25) is 9.59 Å². The van der Waals surface area contributed by atoms with Gasteiger partial charge < -0.3 is 15.4 Å². The topological polar surface area (TPSA) is 67.4 Å². The van der Waals surface area contributed by atoms with E-state index in [9.17, 15) is 9.59 Å². The summed E-state index contributed by atoms with van der Waals surface area (Å²) in [5.74, 6) is 0.385. The van der Waals surface area contributed by atoms with Gasteiger partial charge in [-0.25, -0.2) is 0 Å². The Labute approximate surface area is 154 Å². The van der Waals surface area contributed by atoms with E-state index in [1.54, 1.807) is 31.4 Å². The van der Waals surface area contributed by atoms with Crippen LogP contribution in [0.3, 0.4) is 0 Å². The molecule has 138 valence electrons. The highest BCUT2D eigenvalue weighted by Crippen LogP contribution is 2.20. The van der Waals surface area contributed by atoms with Gasteiger partial charge in [0.1, 0.15) is 5.75 Å². The predicted molar refractivity (Wildman–Crippen MR) is 104 cm³/mol. The summed E-state index contributed by atoms with van der Waals surface area (Å²) in [4.78, 5) is 24.9. The molecule has 1 unspecified atom stereocenters. The lowest BCUT2D eigenvalue weighted by molar-refractivity contribution is -0.115. The van der Waals surface area contributed by atoms with Gasteiger partial charge in [-0.05, 0) is 49.6 Å². The molecule has 5 heteroatoms. The molecule has 0 bridgehead atoms. The Bertz CT molecular complexity index is 787. The third-order valence-electron chi connectivity index (χ3n) is 4.27. The summed E-state index contributed by atoms with van der Waals surface area (Å²) in [6, 6.07) is 12.8. The van der Waals surface area contributed by atoms with Crippen LogP contribution in [0.2, 0.25) is 0 Å². The summed E-state index contributed by atoms with van der Waals surface area (Å²) < 4.78 is 5.30. The number of hydrogen-bond donors (Lipinski definition) is 2. The molecule has 5 nitrogen and oxygen atoms in total. The largest absolute Gasteiger partial charge is 0.496 e. The standard InChI is InChI=1S/C21H26N2O3/c1-5-15(3)22-21(25)17-8-6-7-9-18(17)23-20(24)13-16-11-10-14(2)19(12-16)26-4/h6-12,15H,5,13H2,1-4H3,(H,22,25)(H,23,24). The Morgan fingerprint density at radius 3 is 2.58 bits per heavy atom. The molecule has 0 radical (unpaired) electrons. The van der Waals surface area contributed by atoms with Crippen LogP contribution in [0, 0.1) is 6.92 Å². The summed E-state index contributed by atoms with van der Waals surface area (Å²) in [7, 11) is 1.61. The van der Waals surface area contributed by atoms with Crippen LogP contribution in [-0.2, 0) is 11.2 Å². The van der Waals surface area contributed by atoms with Crippen LogP contribution in [0.25, 0.3) is 0 Å². The number of carbonyl (C=O) groups is 2. The number of carbonyl (C=O) groups excluding carboxylic acids is 2. The molecule has 2 aromatic carbocycles. The molecule has 0 aliphatic heterocycles. The number of rotatable bonds is 7. The number of methoxy groups -OCH3 is 1. The highest BCUT2D eigenvalue weighted by Gasteiger charge is 2.15. The van der Waals surface area contributed by atoms with Gasteiger partial charge in [0.2, 0.25) is 5.91 Å². The number of amides is 2. The van der Waals surface area contributed by atoms with E-state index in [1.807, 2.05) is 39.0 Å². The van der Waals surface area contributed by atoms with Gasteiger partial charge in [0, 0.05) is 6.04 Å². The van der Waals surface area contributed by atoms with Crippen molar-refractivity contribution < 1.29 is 14.3 Å². The molecule has 2 N–H and O–H groups in total. The number of aryl methyl sites for hydroxylation is 1. The zero-order valence-electron chi connectivity index (χ0n) is 15.8. The van der Waals surface area contributed by atoms with Crippen molar-refractivity contribution in [2.24, 2.45) is 0 Å². The van der Waals surface area contributed by atoms with Gasteiger partial charge in [0.05, 0.1) is 24.8 Å². The van der Waals surface area contributed by atoms with Crippen molar-refractivity contribution in [3.05, 3.63) is 59.2 Å². The molecule has 0 heterocycles. The van der Waals surface area contributed by atoms with Crippen LogP contribution in [0.5, 0.6) is 5.75 Å². The van der Waals surface area contributed by atoms with Gasteiger partial charge in [-0.2, -0.15) is 0 Å². The minimum atomic E-state index is -0.188. The van der Waals surface area contributed by atoms with E-state index >= 15 is 0 Å². The zero-order chi connectivity index (χ0) is 19.1. The molecule has 0 aromatic heterocycles. The molecule has 1 atom stereocenters. The molecule has 2 rings (SSSR count). The molecule has 2 aromatic rings. The first-order valence-corrected chi connectivity index (χ1v) is 8.77. The molecule has 0 spiro atoms. The first kappa shape index (κ1) is 19.5. The third-order valence-corrected chi connectivity index (χ3v) is 4.27. The number of nitrogens with one attached hydrogen (secondary N) is 2. The number of para-hydroxylation sites is 1. The molecule has 2 amide bonds. The zero-order valence-corrected chi connectivity index (χ0v) is 15.8. The average Bonchev–Trinajstić information content (AvgIpc) is 2.63. The summed E-state index contributed by atoms with van der Waals surface area (Å²) in [6.07, 6.45) is 1.05. The Morgan fingerprint density at radius 2 is 1.88 bits per heavy atom. The van der Waals surface area contributed by atoms with E-state index in [1.165, 1.54) is 0 Å². The van der Waals surface area contributed by atoms with Gasteiger partial charge in [-0.15, -0.1) is 0 Å². The highest BCUT2D eigenvalue weighted by molar-refractivity contribution is 6.04. The smallest absolute Gasteiger partial charge is 0.253 e. The lowest BCUT2D eigenvalue weighted by Gasteiger charge is -2.15. The predicted octanol–water partition coefficient (Wildman–Crippen LogP) is 3.71. The molecule has 26 heavy (non-hydrogen) atoms. The van der Waals surface area contributed by atoms with Crippen molar-refractivity contribution in [2.45, 2.75) is 39.7 Å². The lowest BCUT2D eigenvalue weighted by Crippen LogP contribution is -2.32. The van der Waals surface area contributed by atoms with Crippen LogP contribution in [-0.4, -0.2) is 25.0 Å². The first-order valence-electron chi connectivity index (χ1n) is 8.77. The highest BCUT2D eigenvalue weighted by atomic mass is 16.5. The molecule has 0 aliphatic carbocycles. The van der Waals surface area contributed by atoms with Crippen molar-refractivity contribution >= 4 is 17.5 Å². The van der Waals surface area contributed by atoms with E-state index in [0.717, 1.165) is 23.3 Å². The normalized spacial score (nSPS) is 11.5. The lowest BCUT2D eigenvalue weighted by atomic mass is 10.1. The second kappa shape index (κ2) is 9.04. The van der Waals surface area contributed by atoms with Crippen molar-refractivity contribution in [3.63, 3.8) is 0 Å². The fourth-order valence-electron chi connectivity index (χ4n) is 2.55. The maximum Gasteiger partial charge on any atom is 0.253 e. The average molecular weight is 354 g/mol. The number of hydrogen-bond acceptors (Lipinski definition) is 3. The summed E-state index contributed by atoms with van der Waals surface area (Å²) in [5, 5.41) is 5.77. The molecule has 0 aliphatic rings. The summed E-state index contributed by atoms with van der Waals surface area (Å²) >= 11 is 0. The Kier molecular flexibility index (Phi) is 6.78. The molecular formula is C21H26N2O3. The van der Waals surface area contributed by atoms with Crippen molar-refractivity contribution in [3.8, 4) is 5.75 Å². The molecule has 0 fully saturated rings. The SMILES string of the molecule is CCC(C)NC(=O)c1ccccc1NC(=O)Cc1ccc(C)c(OC)c1. The summed E-state index contributed by atoms with van der Waals surface area (Å²) in [5.41, 5.74) is 2.84. The van der Waals surface area contributed by atoms with E-state index in [4.69, 9.17) is 4.74 Å². The minimum absolute atomic E-state index is 0.0753. The monoisotopic (exact) mass is 354 g/mol. The maximum absolute atomic E-state index is 12.4. The van der Waals surface area contributed by atoms with E-state index in [2.05, 4.69) is 10.6 Å². The van der Waals surface area contributed by atoms with Gasteiger partial charge in [0.25, 0.3) is 5.91 Å².